The first-order valence-corrected chi connectivity index (χ1v) is 5.07. The van der Waals surface area contributed by atoms with E-state index >= 15 is 0 Å². The molecular weight excluding hydrogens is 186 g/mol. The van der Waals surface area contributed by atoms with Crippen LogP contribution in [0.3, 0.4) is 0 Å². The van der Waals surface area contributed by atoms with Crippen LogP contribution in [0.5, 0.6) is 0 Å². The molecule has 1 aliphatic rings. The summed E-state index contributed by atoms with van der Waals surface area (Å²) in [5.41, 5.74) is 1.51. The van der Waals surface area contributed by atoms with Gasteiger partial charge in [0.1, 0.15) is 0 Å². The van der Waals surface area contributed by atoms with Gasteiger partial charge in [-0.2, -0.15) is 0 Å². The van der Waals surface area contributed by atoms with E-state index in [0.29, 0.717) is 5.56 Å². The van der Waals surface area contributed by atoms with E-state index in [1.54, 1.807) is 16.7 Å². The Kier molecular flexibility index (Phi) is 2.09. The van der Waals surface area contributed by atoms with Gasteiger partial charge in [0.15, 0.2) is 0 Å². The van der Waals surface area contributed by atoms with E-state index in [-0.39, 0.29) is 0 Å². The molecule has 0 spiro atoms. The number of likely N-dealkylation sites (N-methyl/N-ethyl adjacent to an activating group) is 1. The largest absolute Gasteiger partial charge is 0.478 e. The average molecular weight is 197 g/mol. The minimum absolute atomic E-state index is 0.492. The molecule has 0 amide bonds. The molecule has 0 aromatic carbocycles. The molecule has 13 heavy (non-hydrogen) atoms. The summed E-state index contributed by atoms with van der Waals surface area (Å²) in [4.78, 5) is 14.2. The van der Waals surface area contributed by atoms with Crippen molar-refractivity contribution >= 4 is 17.3 Å². The van der Waals surface area contributed by atoms with Crippen molar-refractivity contribution in [2.45, 2.75) is 13.0 Å². The number of thiophene rings is 1. The van der Waals surface area contributed by atoms with Crippen LogP contribution < -0.4 is 0 Å². The molecule has 0 aliphatic carbocycles. The highest BCUT2D eigenvalue weighted by Crippen LogP contribution is 2.27. The Bertz CT molecular complexity index is 345. The molecule has 1 N–H and O–H groups in total. The minimum atomic E-state index is -0.798. The standard InChI is InChI=1S/C9H11NO2S/c1-10-3-2-8-6(4-10)7(5-13-8)9(11)12/h5H,2-4H2,1H3,(H,11,12). The van der Waals surface area contributed by atoms with Gasteiger partial charge in [-0.15, -0.1) is 11.3 Å². The summed E-state index contributed by atoms with van der Waals surface area (Å²) < 4.78 is 0. The Morgan fingerprint density at radius 1 is 1.69 bits per heavy atom. The van der Waals surface area contributed by atoms with Crippen molar-refractivity contribution in [2.24, 2.45) is 0 Å². The van der Waals surface area contributed by atoms with Crippen molar-refractivity contribution in [1.29, 1.82) is 0 Å². The van der Waals surface area contributed by atoms with Gasteiger partial charge in [0.2, 0.25) is 0 Å². The Morgan fingerprint density at radius 3 is 3.15 bits per heavy atom. The summed E-state index contributed by atoms with van der Waals surface area (Å²) in [6.07, 6.45) is 0.990. The first kappa shape index (κ1) is 8.72. The van der Waals surface area contributed by atoms with Crippen LogP contribution in [0.4, 0.5) is 0 Å². The zero-order valence-corrected chi connectivity index (χ0v) is 8.23. The van der Waals surface area contributed by atoms with Gasteiger partial charge in [0, 0.05) is 23.3 Å². The number of carbonyl (C=O) groups is 1. The Labute approximate surface area is 80.6 Å². The van der Waals surface area contributed by atoms with Crippen molar-refractivity contribution in [3.8, 4) is 0 Å². The molecule has 0 saturated heterocycles. The summed E-state index contributed by atoms with van der Waals surface area (Å²) in [5.74, 6) is -0.798. The second kappa shape index (κ2) is 3.12. The Morgan fingerprint density at radius 2 is 2.46 bits per heavy atom. The van der Waals surface area contributed by atoms with Crippen molar-refractivity contribution in [2.75, 3.05) is 13.6 Å². The summed E-state index contributed by atoms with van der Waals surface area (Å²) >= 11 is 1.57. The second-order valence-electron chi connectivity index (χ2n) is 3.34. The first-order chi connectivity index (χ1) is 6.18. The molecule has 1 aromatic rings. The van der Waals surface area contributed by atoms with Crippen LogP contribution in [-0.4, -0.2) is 29.6 Å². The molecule has 4 heteroatoms. The van der Waals surface area contributed by atoms with E-state index in [2.05, 4.69) is 4.90 Å². The maximum Gasteiger partial charge on any atom is 0.336 e. The van der Waals surface area contributed by atoms with E-state index in [1.165, 1.54) is 4.88 Å². The second-order valence-corrected chi connectivity index (χ2v) is 4.31. The summed E-state index contributed by atoms with van der Waals surface area (Å²) in [6.45, 7) is 1.81. The Balaban J connectivity index is 2.41. The van der Waals surface area contributed by atoms with Crippen LogP contribution in [0, 0.1) is 0 Å². The van der Waals surface area contributed by atoms with E-state index in [4.69, 9.17) is 5.11 Å². The summed E-state index contributed by atoms with van der Waals surface area (Å²) in [5, 5.41) is 10.7. The van der Waals surface area contributed by atoms with Gasteiger partial charge in [-0.1, -0.05) is 0 Å². The normalized spacial score (nSPS) is 17.0. The van der Waals surface area contributed by atoms with Crippen LogP contribution in [0.25, 0.3) is 0 Å². The highest BCUT2D eigenvalue weighted by atomic mass is 32.1. The van der Waals surface area contributed by atoms with E-state index in [9.17, 15) is 4.79 Å². The smallest absolute Gasteiger partial charge is 0.336 e. The van der Waals surface area contributed by atoms with Crippen LogP contribution in [0.15, 0.2) is 5.38 Å². The van der Waals surface area contributed by atoms with Crippen molar-refractivity contribution in [1.82, 2.24) is 4.90 Å². The molecule has 0 radical (unpaired) electrons. The lowest BCUT2D eigenvalue weighted by Crippen LogP contribution is -2.26. The number of carboxylic acids is 1. The van der Waals surface area contributed by atoms with Gasteiger partial charge in [-0.25, -0.2) is 4.79 Å². The molecule has 0 unspecified atom stereocenters. The quantitative estimate of drug-likeness (QED) is 0.740. The van der Waals surface area contributed by atoms with Gasteiger partial charge in [-0.3, -0.25) is 0 Å². The fourth-order valence-corrected chi connectivity index (χ4v) is 2.66. The van der Waals surface area contributed by atoms with Crippen molar-refractivity contribution < 1.29 is 9.90 Å². The van der Waals surface area contributed by atoms with Crippen LogP contribution >= 0.6 is 11.3 Å². The maximum atomic E-state index is 10.8. The molecule has 2 rings (SSSR count). The van der Waals surface area contributed by atoms with Crippen molar-refractivity contribution in [3.05, 3.63) is 21.4 Å². The molecule has 0 fully saturated rings. The first-order valence-electron chi connectivity index (χ1n) is 4.19. The number of fused-ring (bicyclic) bond motifs is 1. The lowest BCUT2D eigenvalue weighted by atomic mass is 10.1. The average Bonchev–Trinajstić information content (AvgIpc) is 2.46. The van der Waals surface area contributed by atoms with E-state index < -0.39 is 5.97 Å². The lowest BCUT2D eigenvalue weighted by molar-refractivity contribution is 0.0695. The SMILES string of the molecule is CN1CCc2scc(C(=O)O)c2C1. The van der Waals surface area contributed by atoms with Crippen LogP contribution in [0.1, 0.15) is 20.8 Å². The third-order valence-electron chi connectivity index (χ3n) is 2.36. The molecule has 2 heterocycles. The maximum absolute atomic E-state index is 10.8. The molecule has 1 aliphatic heterocycles. The highest BCUT2D eigenvalue weighted by Gasteiger charge is 2.21. The number of aromatic carboxylic acids is 1. The summed E-state index contributed by atoms with van der Waals surface area (Å²) in [7, 11) is 2.02. The molecular formula is C9H11NO2S. The van der Waals surface area contributed by atoms with Crippen LogP contribution in [0.2, 0.25) is 0 Å². The number of rotatable bonds is 1. The molecule has 70 valence electrons. The predicted octanol–water partition coefficient (Wildman–Crippen LogP) is 1.43. The monoisotopic (exact) mass is 197 g/mol. The van der Waals surface area contributed by atoms with Crippen LogP contribution in [-0.2, 0) is 13.0 Å². The zero-order valence-electron chi connectivity index (χ0n) is 7.41. The Hall–Kier alpha value is -0.870. The van der Waals surface area contributed by atoms with Gasteiger partial charge in [0.25, 0.3) is 0 Å². The molecule has 0 saturated carbocycles. The number of hydrogen-bond donors (Lipinski definition) is 1. The fraction of sp³-hybridized carbons (Fsp3) is 0.444. The fourth-order valence-electron chi connectivity index (χ4n) is 1.63. The number of nitrogens with zero attached hydrogens (tertiary/aromatic N) is 1. The molecule has 0 bridgehead atoms. The van der Waals surface area contributed by atoms with Gasteiger partial charge < -0.3 is 10.0 Å². The van der Waals surface area contributed by atoms with Gasteiger partial charge >= 0.3 is 5.97 Å². The number of carboxylic acid groups (broad SMARTS) is 1. The summed E-state index contributed by atoms with van der Waals surface area (Å²) in [6, 6.07) is 0. The minimum Gasteiger partial charge on any atom is -0.478 e. The van der Waals surface area contributed by atoms with Gasteiger partial charge in [0.05, 0.1) is 5.56 Å². The third kappa shape index (κ3) is 1.47. The van der Waals surface area contributed by atoms with Gasteiger partial charge in [-0.05, 0) is 19.0 Å². The third-order valence-corrected chi connectivity index (χ3v) is 3.45. The number of hydrogen-bond acceptors (Lipinski definition) is 3. The molecule has 1 aromatic heterocycles. The topological polar surface area (TPSA) is 40.5 Å². The van der Waals surface area contributed by atoms with E-state index in [1.807, 2.05) is 7.05 Å². The van der Waals surface area contributed by atoms with E-state index in [0.717, 1.165) is 25.1 Å². The van der Waals surface area contributed by atoms with Crippen molar-refractivity contribution in [3.63, 3.8) is 0 Å². The predicted molar refractivity (Wildman–Crippen MR) is 51.3 cm³/mol. The molecule has 3 nitrogen and oxygen atoms in total. The molecule has 0 atom stereocenters. The highest BCUT2D eigenvalue weighted by molar-refractivity contribution is 7.10. The zero-order chi connectivity index (χ0) is 9.42. The lowest BCUT2D eigenvalue weighted by Gasteiger charge is -2.22.